The van der Waals surface area contributed by atoms with Crippen molar-refractivity contribution in [2.75, 3.05) is 25.2 Å². The first kappa shape index (κ1) is 13.4. The first-order valence-corrected chi connectivity index (χ1v) is 6.72. The van der Waals surface area contributed by atoms with Crippen molar-refractivity contribution in [1.29, 1.82) is 0 Å². The number of carboxylic acids is 1. The van der Waals surface area contributed by atoms with E-state index in [1.165, 1.54) is 0 Å². The van der Waals surface area contributed by atoms with Crippen molar-refractivity contribution >= 4 is 27.6 Å². The molecule has 1 aliphatic rings. The Bertz CT molecular complexity index is 444. The van der Waals surface area contributed by atoms with Gasteiger partial charge >= 0.3 is 5.97 Å². The number of carbonyl (C=O) groups is 1. The Hall–Kier alpha value is -1.07. The number of ether oxygens (including phenoxy) is 1. The van der Waals surface area contributed by atoms with Crippen LogP contribution in [0.3, 0.4) is 0 Å². The number of carboxylic acid groups (broad SMARTS) is 1. The monoisotopic (exact) mass is 313 g/mol. The second kappa shape index (κ2) is 5.71. The molecule has 0 aromatic heterocycles. The molecule has 0 amide bonds. The van der Waals surface area contributed by atoms with Gasteiger partial charge in [-0.2, -0.15) is 0 Å². The number of anilines is 1. The maximum absolute atomic E-state index is 10.9. The lowest BCUT2D eigenvalue weighted by molar-refractivity contribution is 0.0697. The Labute approximate surface area is 115 Å². The number of hydrogen-bond acceptors (Lipinski definition) is 3. The van der Waals surface area contributed by atoms with Gasteiger partial charge in [0.25, 0.3) is 0 Å². The average molecular weight is 314 g/mol. The molecule has 0 saturated carbocycles. The average Bonchev–Trinajstić information content (AvgIpc) is 2.38. The van der Waals surface area contributed by atoms with Crippen molar-refractivity contribution in [3.63, 3.8) is 0 Å². The number of halogens is 1. The van der Waals surface area contributed by atoms with E-state index in [9.17, 15) is 4.79 Å². The number of aromatic carboxylic acids is 1. The largest absolute Gasteiger partial charge is 0.478 e. The fraction of sp³-hybridized carbons (Fsp3) is 0.462. The Kier molecular flexibility index (Phi) is 4.24. The lowest BCUT2D eigenvalue weighted by Gasteiger charge is -2.33. The van der Waals surface area contributed by atoms with E-state index in [2.05, 4.69) is 20.8 Å². The zero-order valence-corrected chi connectivity index (χ0v) is 11.8. The molecule has 98 valence electrons. The van der Waals surface area contributed by atoms with Gasteiger partial charge in [-0.1, -0.05) is 0 Å². The molecule has 0 unspecified atom stereocenters. The Morgan fingerprint density at radius 2 is 2.11 bits per heavy atom. The van der Waals surface area contributed by atoms with Crippen molar-refractivity contribution in [3.05, 3.63) is 28.2 Å². The molecule has 0 spiro atoms. The second-order valence-electron chi connectivity index (χ2n) is 4.43. The molecule has 1 fully saturated rings. The minimum atomic E-state index is -0.907. The zero-order chi connectivity index (χ0) is 13.1. The molecule has 1 N–H and O–H groups in total. The fourth-order valence-electron chi connectivity index (χ4n) is 2.20. The Morgan fingerprint density at radius 3 is 2.67 bits per heavy atom. The minimum absolute atomic E-state index is 0.297. The molecule has 0 aliphatic carbocycles. The summed E-state index contributed by atoms with van der Waals surface area (Å²) < 4.78 is 6.17. The van der Waals surface area contributed by atoms with Crippen LogP contribution in [0.15, 0.2) is 22.7 Å². The molecule has 1 aliphatic heterocycles. The smallest absolute Gasteiger partial charge is 0.335 e. The van der Waals surface area contributed by atoms with Gasteiger partial charge in [-0.05, 0) is 47.0 Å². The van der Waals surface area contributed by atoms with Crippen LogP contribution in [0.4, 0.5) is 5.69 Å². The molecule has 18 heavy (non-hydrogen) atoms. The van der Waals surface area contributed by atoms with Crippen LogP contribution in [-0.2, 0) is 4.74 Å². The summed E-state index contributed by atoms with van der Waals surface area (Å²) in [4.78, 5) is 13.1. The number of hydrogen-bond donors (Lipinski definition) is 1. The van der Waals surface area contributed by atoms with Gasteiger partial charge in [-0.3, -0.25) is 0 Å². The molecule has 5 heteroatoms. The van der Waals surface area contributed by atoms with E-state index >= 15 is 0 Å². The number of rotatable bonds is 3. The molecule has 0 bridgehead atoms. The van der Waals surface area contributed by atoms with Crippen LogP contribution in [0.5, 0.6) is 0 Å². The van der Waals surface area contributed by atoms with Crippen LogP contribution in [0, 0.1) is 0 Å². The summed E-state index contributed by atoms with van der Waals surface area (Å²) in [5.74, 6) is -0.907. The third kappa shape index (κ3) is 2.84. The van der Waals surface area contributed by atoms with Crippen molar-refractivity contribution in [2.24, 2.45) is 0 Å². The number of benzene rings is 1. The van der Waals surface area contributed by atoms with E-state index < -0.39 is 5.97 Å². The molecule has 1 aromatic carbocycles. The highest BCUT2D eigenvalue weighted by Crippen LogP contribution is 2.30. The third-order valence-corrected chi connectivity index (χ3v) is 3.95. The van der Waals surface area contributed by atoms with Crippen molar-refractivity contribution in [3.8, 4) is 0 Å². The molecular formula is C13H16BrNO3. The first-order valence-electron chi connectivity index (χ1n) is 5.93. The van der Waals surface area contributed by atoms with Crippen LogP contribution < -0.4 is 4.90 Å². The van der Waals surface area contributed by atoms with E-state index in [-0.39, 0.29) is 0 Å². The molecule has 0 atom stereocenters. The van der Waals surface area contributed by atoms with E-state index in [1.54, 1.807) is 12.1 Å². The molecule has 1 saturated heterocycles. The maximum Gasteiger partial charge on any atom is 0.335 e. The van der Waals surface area contributed by atoms with Crippen LogP contribution >= 0.6 is 15.9 Å². The molecular weight excluding hydrogens is 298 g/mol. The van der Waals surface area contributed by atoms with Gasteiger partial charge < -0.3 is 14.7 Å². The van der Waals surface area contributed by atoms with Gasteiger partial charge in [0, 0.05) is 30.8 Å². The maximum atomic E-state index is 10.9. The summed E-state index contributed by atoms with van der Waals surface area (Å²) in [6, 6.07) is 5.58. The quantitative estimate of drug-likeness (QED) is 0.932. The van der Waals surface area contributed by atoms with Crippen molar-refractivity contribution in [1.82, 2.24) is 0 Å². The first-order chi connectivity index (χ1) is 8.59. The van der Waals surface area contributed by atoms with E-state index in [0.717, 1.165) is 36.2 Å². The fourth-order valence-corrected chi connectivity index (χ4v) is 2.85. The van der Waals surface area contributed by atoms with E-state index in [4.69, 9.17) is 9.84 Å². The lowest BCUT2D eigenvalue weighted by atomic mass is 10.1. The van der Waals surface area contributed by atoms with Gasteiger partial charge in [0.1, 0.15) is 0 Å². The summed E-state index contributed by atoms with van der Waals surface area (Å²) in [5, 5.41) is 8.94. The molecule has 4 nitrogen and oxygen atoms in total. The number of nitrogens with zero attached hydrogens (tertiary/aromatic N) is 1. The molecule has 1 aromatic rings. The van der Waals surface area contributed by atoms with Gasteiger partial charge in [0.05, 0.1) is 11.3 Å². The summed E-state index contributed by atoms with van der Waals surface area (Å²) >= 11 is 3.45. The third-order valence-electron chi connectivity index (χ3n) is 3.31. The van der Waals surface area contributed by atoms with Gasteiger partial charge in [0.2, 0.25) is 0 Å². The van der Waals surface area contributed by atoms with Crippen molar-refractivity contribution < 1.29 is 14.6 Å². The standard InChI is InChI=1S/C13H16BrNO3/c1-15(10-4-6-18-7-5-10)12-3-2-9(13(16)17)8-11(12)14/h2-3,8,10H,4-7H2,1H3,(H,16,17). The Morgan fingerprint density at radius 1 is 1.44 bits per heavy atom. The predicted molar refractivity (Wildman–Crippen MR) is 73.3 cm³/mol. The van der Waals surface area contributed by atoms with Gasteiger partial charge in [-0.15, -0.1) is 0 Å². The molecule has 1 heterocycles. The topological polar surface area (TPSA) is 49.8 Å². The normalized spacial score (nSPS) is 16.6. The molecule has 0 radical (unpaired) electrons. The van der Waals surface area contributed by atoms with Crippen LogP contribution in [0.2, 0.25) is 0 Å². The highest BCUT2D eigenvalue weighted by atomic mass is 79.9. The van der Waals surface area contributed by atoms with E-state index in [1.807, 2.05) is 13.1 Å². The summed E-state index contributed by atoms with van der Waals surface area (Å²) in [6.07, 6.45) is 2.01. The minimum Gasteiger partial charge on any atom is -0.478 e. The van der Waals surface area contributed by atoms with E-state index in [0.29, 0.717) is 11.6 Å². The van der Waals surface area contributed by atoms with Gasteiger partial charge in [0.15, 0.2) is 0 Å². The van der Waals surface area contributed by atoms with Crippen LogP contribution in [0.1, 0.15) is 23.2 Å². The summed E-state index contributed by atoms with van der Waals surface area (Å²) in [5.41, 5.74) is 1.32. The lowest BCUT2D eigenvalue weighted by Crippen LogP contribution is -2.36. The molecule has 2 rings (SSSR count). The predicted octanol–water partition coefficient (Wildman–Crippen LogP) is 2.76. The highest BCUT2D eigenvalue weighted by Gasteiger charge is 2.20. The SMILES string of the molecule is CN(c1ccc(C(=O)O)cc1Br)C1CCOCC1. The Balaban J connectivity index is 2.19. The summed E-state index contributed by atoms with van der Waals surface area (Å²) in [7, 11) is 2.04. The van der Waals surface area contributed by atoms with Crippen LogP contribution in [0.25, 0.3) is 0 Å². The van der Waals surface area contributed by atoms with Gasteiger partial charge in [-0.25, -0.2) is 4.79 Å². The second-order valence-corrected chi connectivity index (χ2v) is 5.28. The van der Waals surface area contributed by atoms with Crippen LogP contribution in [-0.4, -0.2) is 37.4 Å². The highest BCUT2D eigenvalue weighted by molar-refractivity contribution is 9.10. The zero-order valence-electron chi connectivity index (χ0n) is 10.2. The summed E-state index contributed by atoms with van der Waals surface area (Å²) in [6.45, 7) is 1.58. The van der Waals surface area contributed by atoms with Crippen molar-refractivity contribution in [2.45, 2.75) is 18.9 Å².